The molecule has 0 spiro atoms. The Hall–Kier alpha value is -1.36. The Morgan fingerprint density at radius 3 is 2.45 bits per heavy atom. The van der Waals surface area contributed by atoms with Gasteiger partial charge in [-0.3, -0.25) is 4.79 Å². The first-order valence-electron chi connectivity index (χ1n) is 7.52. The fourth-order valence-corrected chi connectivity index (χ4v) is 4.56. The number of alkyl halides is 1. The number of nitrogens with one attached hydrogen (secondary N) is 1. The molecule has 1 amide bonds. The zero-order valence-corrected chi connectivity index (χ0v) is 14.2. The Labute approximate surface area is 138 Å². The molecular formula is C17H20BrNO3. The number of alkyl carbamates (subject to hydrolysis) is 1. The van der Waals surface area contributed by atoms with Gasteiger partial charge in [0.2, 0.25) is 0 Å². The van der Waals surface area contributed by atoms with Gasteiger partial charge in [0.1, 0.15) is 6.61 Å². The van der Waals surface area contributed by atoms with Gasteiger partial charge in [0.05, 0.1) is 11.4 Å². The number of carbonyl (C=O) groups is 2. The van der Waals surface area contributed by atoms with Crippen LogP contribution in [0, 0.1) is 10.8 Å². The highest BCUT2D eigenvalue weighted by molar-refractivity contribution is 9.09. The van der Waals surface area contributed by atoms with Crippen molar-refractivity contribution in [1.82, 2.24) is 5.32 Å². The monoisotopic (exact) mass is 365 g/mol. The zero-order valence-electron chi connectivity index (χ0n) is 12.6. The molecule has 1 N–H and O–H groups in total. The Kier molecular flexibility index (Phi) is 4.02. The lowest BCUT2D eigenvalue weighted by molar-refractivity contribution is -0.207. The van der Waals surface area contributed by atoms with E-state index in [9.17, 15) is 9.59 Å². The van der Waals surface area contributed by atoms with Crippen LogP contribution in [0.3, 0.4) is 0 Å². The van der Waals surface area contributed by atoms with E-state index < -0.39 is 12.1 Å². The van der Waals surface area contributed by atoms with Crippen molar-refractivity contribution in [2.75, 3.05) is 5.33 Å². The van der Waals surface area contributed by atoms with Gasteiger partial charge < -0.3 is 10.1 Å². The molecular weight excluding hydrogens is 346 g/mol. The van der Waals surface area contributed by atoms with Crippen LogP contribution >= 0.6 is 15.9 Å². The third-order valence-corrected chi connectivity index (χ3v) is 5.43. The number of hydrogen-bond donors (Lipinski definition) is 1. The summed E-state index contributed by atoms with van der Waals surface area (Å²) < 4.78 is 5.24. The smallest absolute Gasteiger partial charge is 0.408 e. The molecule has 1 aromatic carbocycles. The number of hydrogen-bond acceptors (Lipinski definition) is 3. The third kappa shape index (κ3) is 2.78. The average molecular weight is 366 g/mol. The molecule has 118 valence electrons. The fraction of sp³-hybridized carbons (Fsp3) is 0.529. The lowest BCUT2D eigenvalue weighted by Crippen LogP contribution is -2.70. The number of rotatable bonds is 6. The van der Waals surface area contributed by atoms with Gasteiger partial charge in [-0.25, -0.2) is 4.79 Å². The predicted octanol–water partition coefficient (Wildman–Crippen LogP) is 3.44. The van der Waals surface area contributed by atoms with Crippen molar-refractivity contribution in [1.29, 1.82) is 0 Å². The molecule has 1 atom stereocenters. The minimum absolute atomic E-state index is 0.0263. The van der Waals surface area contributed by atoms with Crippen molar-refractivity contribution < 1.29 is 14.3 Å². The van der Waals surface area contributed by atoms with Gasteiger partial charge in [0.15, 0.2) is 5.78 Å². The molecule has 4 rings (SSSR count). The molecule has 3 aliphatic rings. The summed E-state index contributed by atoms with van der Waals surface area (Å²) in [7, 11) is 0. The molecule has 0 aliphatic heterocycles. The van der Waals surface area contributed by atoms with Crippen LogP contribution < -0.4 is 5.32 Å². The van der Waals surface area contributed by atoms with Crippen molar-refractivity contribution in [2.24, 2.45) is 10.8 Å². The highest BCUT2D eigenvalue weighted by atomic mass is 79.9. The average Bonchev–Trinajstić information content (AvgIpc) is 2.47. The number of halogens is 1. The van der Waals surface area contributed by atoms with Gasteiger partial charge in [0.25, 0.3) is 0 Å². The second-order valence-electron chi connectivity index (χ2n) is 6.94. The van der Waals surface area contributed by atoms with Crippen LogP contribution in [0.4, 0.5) is 4.79 Å². The molecule has 22 heavy (non-hydrogen) atoms. The van der Waals surface area contributed by atoms with Gasteiger partial charge in [-0.1, -0.05) is 53.2 Å². The minimum Gasteiger partial charge on any atom is -0.445 e. The van der Waals surface area contributed by atoms with Crippen molar-refractivity contribution in [3.8, 4) is 0 Å². The van der Waals surface area contributed by atoms with E-state index in [1.54, 1.807) is 0 Å². The minimum atomic E-state index is -0.516. The second-order valence-corrected chi connectivity index (χ2v) is 7.50. The van der Waals surface area contributed by atoms with Crippen LogP contribution in [0.1, 0.15) is 31.7 Å². The van der Waals surface area contributed by atoms with Gasteiger partial charge in [-0.05, 0) is 35.7 Å². The van der Waals surface area contributed by atoms with E-state index in [1.807, 2.05) is 30.3 Å². The normalized spacial score (nSPS) is 29.7. The molecule has 1 unspecified atom stereocenters. The Balaban J connectivity index is 1.57. The van der Waals surface area contributed by atoms with Crippen molar-refractivity contribution >= 4 is 27.8 Å². The van der Waals surface area contributed by atoms with E-state index >= 15 is 0 Å². The summed E-state index contributed by atoms with van der Waals surface area (Å²) in [5, 5.41) is 3.05. The van der Waals surface area contributed by atoms with Gasteiger partial charge >= 0.3 is 6.09 Å². The Bertz CT molecular complexity index is 567. The summed E-state index contributed by atoms with van der Waals surface area (Å²) >= 11 is 3.22. The summed E-state index contributed by atoms with van der Waals surface area (Å²) in [4.78, 5) is 24.2. The number of ketones is 1. The van der Waals surface area contributed by atoms with Crippen molar-refractivity contribution in [3.63, 3.8) is 0 Å². The van der Waals surface area contributed by atoms with Crippen LogP contribution in [0.5, 0.6) is 0 Å². The van der Waals surface area contributed by atoms with Crippen LogP contribution in [-0.4, -0.2) is 23.2 Å². The Morgan fingerprint density at radius 1 is 1.27 bits per heavy atom. The van der Waals surface area contributed by atoms with Gasteiger partial charge in [0, 0.05) is 0 Å². The molecule has 3 saturated carbocycles. The third-order valence-electron chi connectivity index (χ3n) is 4.88. The van der Waals surface area contributed by atoms with Crippen molar-refractivity contribution in [3.05, 3.63) is 35.9 Å². The summed E-state index contributed by atoms with van der Waals surface area (Å²) in [5.41, 5.74) is 1.28. The van der Waals surface area contributed by atoms with Gasteiger partial charge in [-0.15, -0.1) is 0 Å². The van der Waals surface area contributed by atoms with E-state index in [0.717, 1.165) is 24.8 Å². The highest BCUT2D eigenvalue weighted by Gasteiger charge is 2.69. The fourth-order valence-electron chi connectivity index (χ4n) is 4.24. The van der Waals surface area contributed by atoms with E-state index in [4.69, 9.17) is 4.74 Å². The molecule has 0 radical (unpaired) electrons. The number of benzene rings is 1. The summed E-state index contributed by atoms with van der Waals surface area (Å²) in [6.45, 7) is 2.45. The summed E-state index contributed by atoms with van der Waals surface area (Å²) in [5.74, 6) is 0.0263. The predicted molar refractivity (Wildman–Crippen MR) is 86.7 cm³/mol. The van der Waals surface area contributed by atoms with E-state index in [0.29, 0.717) is 5.41 Å². The quantitative estimate of drug-likeness (QED) is 0.785. The largest absolute Gasteiger partial charge is 0.445 e. The maximum absolute atomic E-state index is 12.2. The standard InChI is InChI=1S/C17H20BrNO3/c1-16-9-17(10-16,11-16)14(13(20)7-18)19-15(21)22-8-12-5-3-2-4-6-12/h2-6,14H,7-11H2,1H3,(H,19,21). The summed E-state index contributed by atoms with van der Waals surface area (Å²) in [6, 6.07) is 9.08. The van der Waals surface area contributed by atoms with E-state index in [2.05, 4.69) is 28.2 Å². The topological polar surface area (TPSA) is 55.4 Å². The molecule has 0 aromatic heterocycles. The summed E-state index contributed by atoms with van der Waals surface area (Å²) in [6.07, 6.45) is 2.53. The number of Topliss-reactive ketones (excluding diaryl/α,β-unsaturated/α-hetero) is 1. The first-order chi connectivity index (χ1) is 10.5. The molecule has 3 fully saturated rings. The molecule has 2 bridgehead atoms. The van der Waals surface area contributed by atoms with E-state index in [1.165, 1.54) is 0 Å². The van der Waals surface area contributed by atoms with Crippen LogP contribution in [0.2, 0.25) is 0 Å². The van der Waals surface area contributed by atoms with Crippen LogP contribution in [-0.2, 0) is 16.1 Å². The molecule has 0 heterocycles. The maximum Gasteiger partial charge on any atom is 0.408 e. The molecule has 3 aliphatic carbocycles. The highest BCUT2D eigenvalue weighted by Crippen LogP contribution is 2.74. The van der Waals surface area contributed by atoms with Gasteiger partial charge in [-0.2, -0.15) is 0 Å². The van der Waals surface area contributed by atoms with E-state index in [-0.39, 0.29) is 23.1 Å². The first kappa shape index (κ1) is 15.5. The molecule has 0 saturated heterocycles. The Morgan fingerprint density at radius 2 is 1.91 bits per heavy atom. The van der Waals surface area contributed by atoms with Crippen molar-refractivity contribution in [2.45, 2.75) is 38.8 Å². The maximum atomic E-state index is 12.2. The lowest BCUT2D eigenvalue weighted by Gasteiger charge is -2.71. The number of carbonyl (C=O) groups excluding carboxylic acids is 2. The molecule has 5 heteroatoms. The van der Waals surface area contributed by atoms with Crippen LogP contribution in [0.25, 0.3) is 0 Å². The number of amides is 1. The molecule has 1 aromatic rings. The molecule has 4 nitrogen and oxygen atoms in total. The number of ether oxygens (including phenoxy) is 1. The lowest BCUT2D eigenvalue weighted by atomic mass is 9.33. The van der Waals surface area contributed by atoms with Crippen LogP contribution in [0.15, 0.2) is 30.3 Å². The first-order valence-corrected chi connectivity index (χ1v) is 8.64. The zero-order chi connectivity index (χ0) is 15.8. The second kappa shape index (κ2) is 5.69. The SMILES string of the molecule is CC12CC(C(NC(=O)OCc3ccccc3)C(=O)CBr)(C1)C2.